The fourth-order valence-electron chi connectivity index (χ4n) is 0.860. The van der Waals surface area contributed by atoms with Gasteiger partial charge in [0.1, 0.15) is 5.82 Å². The summed E-state index contributed by atoms with van der Waals surface area (Å²) in [5.41, 5.74) is 0. The molecular weight excluding hydrogens is 184 g/mol. The maximum atomic E-state index is 5.03. The molecule has 0 saturated carbocycles. The van der Waals surface area contributed by atoms with Gasteiger partial charge in [0.05, 0.1) is 6.54 Å². The Balaban J connectivity index is 2.15. The molecule has 0 fully saturated rings. The van der Waals surface area contributed by atoms with Gasteiger partial charge in [-0.25, -0.2) is 4.98 Å². The lowest BCUT2D eigenvalue weighted by molar-refractivity contribution is 0.781. The second kappa shape index (κ2) is 5.53. The smallest absolute Gasteiger partial charge is 0.166 e. The van der Waals surface area contributed by atoms with E-state index in [9.17, 15) is 0 Å². The Kier molecular flexibility index (Phi) is 4.25. The molecule has 0 aliphatic carbocycles. The molecular formula is C8H14N4S. The van der Waals surface area contributed by atoms with E-state index in [0.29, 0.717) is 11.7 Å². The summed E-state index contributed by atoms with van der Waals surface area (Å²) in [6, 6.07) is 0. The zero-order chi connectivity index (χ0) is 9.52. The van der Waals surface area contributed by atoms with Crippen molar-refractivity contribution in [3.63, 3.8) is 0 Å². The van der Waals surface area contributed by atoms with E-state index >= 15 is 0 Å². The average molecular weight is 198 g/mol. The van der Waals surface area contributed by atoms with Gasteiger partial charge in [-0.2, -0.15) is 0 Å². The van der Waals surface area contributed by atoms with Crippen LogP contribution in [0, 0.1) is 0 Å². The molecule has 72 valence electrons. The van der Waals surface area contributed by atoms with Crippen LogP contribution in [0.5, 0.6) is 0 Å². The zero-order valence-corrected chi connectivity index (χ0v) is 8.45. The van der Waals surface area contributed by atoms with E-state index in [1.54, 1.807) is 12.4 Å². The molecule has 0 atom stereocenters. The van der Waals surface area contributed by atoms with Gasteiger partial charge in [0.25, 0.3) is 0 Å². The molecule has 5 heteroatoms. The lowest BCUT2D eigenvalue weighted by Crippen LogP contribution is -2.35. The lowest BCUT2D eigenvalue weighted by Gasteiger charge is -2.07. The molecule has 0 spiro atoms. The molecule has 1 aromatic heterocycles. The van der Waals surface area contributed by atoms with Crippen molar-refractivity contribution in [1.29, 1.82) is 0 Å². The average Bonchev–Trinajstić information content (AvgIpc) is 2.64. The Morgan fingerprint density at radius 2 is 2.46 bits per heavy atom. The monoisotopic (exact) mass is 198 g/mol. The minimum absolute atomic E-state index is 0.641. The number of imidazole rings is 1. The van der Waals surface area contributed by atoms with Gasteiger partial charge in [0, 0.05) is 18.9 Å². The molecule has 0 aromatic carbocycles. The molecule has 0 amide bonds. The number of rotatable bonds is 4. The fraction of sp³-hybridized carbons (Fsp3) is 0.500. The van der Waals surface area contributed by atoms with Gasteiger partial charge in [0.15, 0.2) is 5.11 Å². The van der Waals surface area contributed by atoms with Crippen molar-refractivity contribution in [1.82, 2.24) is 20.6 Å². The second-order valence-electron chi connectivity index (χ2n) is 2.65. The van der Waals surface area contributed by atoms with Crippen LogP contribution < -0.4 is 10.6 Å². The van der Waals surface area contributed by atoms with Gasteiger partial charge in [-0.05, 0) is 18.6 Å². The third-order valence-corrected chi connectivity index (χ3v) is 1.80. The Morgan fingerprint density at radius 1 is 1.62 bits per heavy atom. The van der Waals surface area contributed by atoms with Gasteiger partial charge in [-0.3, -0.25) is 0 Å². The summed E-state index contributed by atoms with van der Waals surface area (Å²) in [6.45, 7) is 3.65. The molecule has 0 bridgehead atoms. The highest BCUT2D eigenvalue weighted by Crippen LogP contribution is 1.86. The largest absolute Gasteiger partial charge is 0.363 e. The third kappa shape index (κ3) is 3.89. The molecule has 0 radical (unpaired) electrons. The minimum Gasteiger partial charge on any atom is -0.363 e. The highest BCUT2D eigenvalue weighted by Gasteiger charge is 1.95. The van der Waals surface area contributed by atoms with E-state index in [2.05, 4.69) is 27.5 Å². The molecule has 4 nitrogen and oxygen atoms in total. The van der Waals surface area contributed by atoms with E-state index in [1.165, 1.54) is 0 Å². The van der Waals surface area contributed by atoms with Crippen LogP contribution in [0.4, 0.5) is 0 Å². The Labute approximate surface area is 83.1 Å². The van der Waals surface area contributed by atoms with Crippen LogP contribution in [-0.4, -0.2) is 21.6 Å². The van der Waals surface area contributed by atoms with Gasteiger partial charge < -0.3 is 15.6 Å². The number of nitrogens with one attached hydrogen (secondary N) is 3. The number of nitrogens with zero attached hydrogens (tertiary/aromatic N) is 1. The minimum atomic E-state index is 0.641. The summed E-state index contributed by atoms with van der Waals surface area (Å²) in [5, 5.41) is 6.80. The summed E-state index contributed by atoms with van der Waals surface area (Å²) in [4.78, 5) is 7.05. The van der Waals surface area contributed by atoms with Crippen LogP contribution in [0.2, 0.25) is 0 Å². The van der Waals surface area contributed by atoms with E-state index in [-0.39, 0.29) is 0 Å². The first-order chi connectivity index (χ1) is 6.33. The fourth-order valence-corrected chi connectivity index (χ4v) is 1.03. The van der Waals surface area contributed by atoms with E-state index < -0.39 is 0 Å². The summed E-state index contributed by atoms with van der Waals surface area (Å²) in [5.74, 6) is 0.889. The highest BCUT2D eigenvalue weighted by atomic mass is 32.1. The normalized spacial score (nSPS) is 9.62. The van der Waals surface area contributed by atoms with Crippen molar-refractivity contribution in [2.45, 2.75) is 19.9 Å². The highest BCUT2D eigenvalue weighted by molar-refractivity contribution is 7.80. The van der Waals surface area contributed by atoms with Crippen LogP contribution in [0.15, 0.2) is 12.4 Å². The van der Waals surface area contributed by atoms with Gasteiger partial charge in [-0.15, -0.1) is 0 Å². The molecule has 0 aliphatic rings. The van der Waals surface area contributed by atoms with Crippen molar-refractivity contribution in [3.05, 3.63) is 18.2 Å². The standard InChI is InChI=1S/C8H14N4S/c1-2-3-11-8(13)12-6-7-9-4-5-10-7/h4-5H,2-3,6H2,1H3,(H,9,10)(H2,11,12,13). The molecule has 1 heterocycles. The molecule has 13 heavy (non-hydrogen) atoms. The summed E-state index contributed by atoms with van der Waals surface area (Å²) < 4.78 is 0. The number of thiocarbonyl (C=S) groups is 1. The molecule has 1 aromatic rings. The van der Waals surface area contributed by atoms with E-state index in [0.717, 1.165) is 18.8 Å². The number of hydrogen-bond donors (Lipinski definition) is 3. The van der Waals surface area contributed by atoms with E-state index in [4.69, 9.17) is 12.2 Å². The number of aromatic amines is 1. The van der Waals surface area contributed by atoms with E-state index in [1.807, 2.05) is 0 Å². The van der Waals surface area contributed by atoms with Crippen LogP contribution >= 0.6 is 12.2 Å². The maximum absolute atomic E-state index is 5.03. The first kappa shape index (κ1) is 9.98. The summed E-state index contributed by atoms with van der Waals surface area (Å²) in [6.07, 6.45) is 4.58. The van der Waals surface area contributed by atoms with Crippen molar-refractivity contribution < 1.29 is 0 Å². The maximum Gasteiger partial charge on any atom is 0.166 e. The summed E-state index contributed by atoms with van der Waals surface area (Å²) in [7, 11) is 0. The van der Waals surface area contributed by atoms with Crippen molar-refractivity contribution in [2.24, 2.45) is 0 Å². The van der Waals surface area contributed by atoms with Crippen molar-refractivity contribution in [3.8, 4) is 0 Å². The first-order valence-corrected chi connectivity index (χ1v) is 4.73. The van der Waals surface area contributed by atoms with Crippen LogP contribution in [0.1, 0.15) is 19.2 Å². The predicted octanol–water partition coefficient (Wildman–Crippen LogP) is 0.784. The SMILES string of the molecule is CCCNC(=S)NCc1ncc[nH]1. The van der Waals surface area contributed by atoms with Crippen molar-refractivity contribution in [2.75, 3.05) is 6.54 Å². The predicted molar refractivity (Wildman–Crippen MR) is 56.3 cm³/mol. The number of H-pyrrole nitrogens is 1. The quantitative estimate of drug-likeness (QED) is 0.626. The van der Waals surface area contributed by atoms with Gasteiger partial charge in [0.2, 0.25) is 0 Å². The Hall–Kier alpha value is -1.10. The third-order valence-electron chi connectivity index (χ3n) is 1.51. The number of hydrogen-bond acceptors (Lipinski definition) is 2. The van der Waals surface area contributed by atoms with Crippen LogP contribution in [-0.2, 0) is 6.54 Å². The van der Waals surface area contributed by atoms with Crippen molar-refractivity contribution >= 4 is 17.3 Å². The zero-order valence-electron chi connectivity index (χ0n) is 7.63. The first-order valence-electron chi connectivity index (χ1n) is 4.33. The molecule has 0 aliphatic heterocycles. The van der Waals surface area contributed by atoms with Crippen LogP contribution in [0.3, 0.4) is 0 Å². The molecule has 0 unspecified atom stereocenters. The van der Waals surface area contributed by atoms with Crippen LogP contribution in [0.25, 0.3) is 0 Å². The van der Waals surface area contributed by atoms with Gasteiger partial charge in [-0.1, -0.05) is 6.92 Å². The molecule has 3 N–H and O–H groups in total. The molecule has 1 rings (SSSR count). The lowest BCUT2D eigenvalue weighted by atomic mass is 10.5. The molecule has 0 saturated heterocycles. The number of aromatic nitrogens is 2. The summed E-state index contributed by atoms with van der Waals surface area (Å²) >= 11 is 5.03. The Morgan fingerprint density at radius 3 is 3.08 bits per heavy atom. The van der Waals surface area contributed by atoms with Gasteiger partial charge >= 0.3 is 0 Å². The Bertz CT molecular complexity index is 245. The topological polar surface area (TPSA) is 52.7 Å². The second-order valence-corrected chi connectivity index (χ2v) is 3.05.